The van der Waals surface area contributed by atoms with Crippen molar-refractivity contribution in [3.63, 3.8) is 0 Å². The molecule has 0 fully saturated rings. The van der Waals surface area contributed by atoms with E-state index in [0.29, 0.717) is 6.54 Å². The minimum absolute atomic E-state index is 0.0596. The Hall–Kier alpha value is -0.900. The van der Waals surface area contributed by atoms with Gasteiger partial charge in [0.15, 0.2) is 11.6 Å². The van der Waals surface area contributed by atoms with Crippen molar-refractivity contribution < 1.29 is 4.39 Å². The number of rotatable bonds is 5. The minimum atomic E-state index is -0.467. The highest BCUT2D eigenvalue weighted by molar-refractivity contribution is 6.28. The lowest BCUT2D eigenvalue weighted by Crippen LogP contribution is -2.06. The molecule has 1 aromatic heterocycles. The number of nitrogens with zero attached hydrogens (tertiary/aromatic N) is 2. The van der Waals surface area contributed by atoms with Crippen LogP contribution in [0.25, 0.3) is 0 Å². The van der Waals surface area contributed by atoms with Gasteiger partial charge in [-0.1, -0.05) is 19.8 Å². The van der Waals surface area contributed by atoms with Crippen LogP contribution in [0.1, 0.15) is 26.2 Å². The highest BCUT2D eigenvalue weighted by atomic mass is 35.5. The highest BCUT2D eigenvalue weighted by Gasteiger charge is 2.03. The van der Waals surface area contributed by atoms with Crippen LogP contribution >= 0.6 is 11.6 Å². The summed E-state index contributed by atoms with van der Waals surface area (Å²) in [5.74, 6) is -0.285. The maximum Gasteiger partial charge on any atom is 0.224 e. The summed E-state index contributed by atoms with van der Waals surface area (Å²) in [6.07, 6.45) is 4.32. The molecule has 0 unspecified atom stereocenters. The molecule has 0 aliphatic rings. The molecule has 3 nitrogen and oxygen atoms in total. The molecule has 0 radical (unpaired) electrons. The summed E-state index contributed by atoms with van der Waals surface area (Å²) in [4.78, 5) is 7.26. The normalized spacial score (nSPS) is 10.2. The molecule has 0 aromatic carbocycles. The van der Waals surface area contributed by atoms with Crippen LogP contribution in [0.3, 0.4) is 0 Å². The van der Waals surface area contributed by atoms with Crippen LogP contribution in [-0.4, -0.2) is 16.5 Å². The summed E-state index contributed by atoms with van der Waals surface area (Å²) in [7, 11) is 0. The molecule has 0 aliphatic carbocycles. The number of anilines is 1. The predicted molar refractivity (Wildman–Crippen MR) is 55.0 cm³/mol. The molecule has 1 aromatic rings. The van der Waals surface area contributed by atoms with Gasteiger partial charge in [0, 0.05) is 6.54 Å². The first-order valence-corrected chi connectivity index (χ1v) is 5.03. The Kier molecular flexibility index (Phi) is 4.59. The van der Waals surface area contributed by atoms with Gasteiger partial charge in [0.05, 0.1) is 6.20 Å². The van der Waals surface area contributed by atoms with Crippen molar-refractivity contribution in [1.82, 2.24) is 9.97 Å². The number of aromatic nitrogens is 2. The summed E-state index contributed by atoms with van der Waals surface area (Å²) in [5.41, 5.74) is 0. The van der Waals surface area contributed by atoms with E-state index in [1.54, 1.807) is 0 Å². The third-order valence-corrected chi connectivity index (χ3v) is 1.97. The van der Waals surface area contributed by atoms with Crippen LogP contribution in [0, 0.1) is 5.82 Å². The predicted octanol–water partition coefficient (Wildman–Crippen LogP) is 2.87. The maximum atomic E-state index is 13.0. The minimum Gasteiger partial charge on any atom is -0.367 e. The summed E-state index contributed by atoms with van der Waals surface area (Å²) in [6, 6.07) is 0. The molecule has 1 N–H and O–H groups in total. The summed E-state index contributed by atoms with van der Waals surface area (Å²) in [5, 5.41) is 2.94. The molecule has 1 rings (SSSR count). The molecule has 0 saturated heterocycles. The molecule has 5 heteroatoms. The molecule has 0 spiro atoms. The van der Waals surface area contributed by atoms with Crippen molar-refractivity contribution in [2.75, 3.05) is 11.9 Å². The quantitative estimate of drug-likeness (QED) is 0.609. The number of hydrogen-bond donors (Lipinski definition) is 1. The first-order valence-electron chi connectivity index (χ1n) is 4.66. The van der Waals surface area contributed by atoms with Crippen LogP contribution in [-0.2, 0) is 0 Å². The lowest BCUT2D eigenvalue weighted by molar-refractivity contribution is 0.615. The number of halogens is 2. The highest BCUT2D eigenvalue weighted by Crippen LogP contribution is 2.11. The summed E-state index contributed by atoms with van der Waals surface area (Å²) >= 11 is 5.53. The van der Waals surface area contributed by atoms with E-state index in [0.717, 1.165) is 25.5 Å². The first-order chi connectivity index (χ1) is 6.74. The maximum absolute atomic E-state index is 13.0. The molecule has 0 saturated carbocycles. The topological polar surface area (TPSA) is 37.8 Å². The molecule has 0 bridgehead atoms. The van der Waals surface area contributed by atoms with Gasteiger partial charge in [-0.3, -0.25) is 0 Å². The van der Waals surface area contributed by atoms with Crippen LogP contribution in [0.2, 0.25) is 5.28 Å². The fraction of sp³-hybridized carbons (Fsp3) is 0.556. The second-order valence-electron chi connectivity index (χ2n) is 2.97. The van der Waals surface area contributed by atoms with E-state index in [4.69, 9.17) is 11.6 Å². The molecule has 14 heavy (non-hydrogen) atoms. The van der Waals surface area contributed by atoms with Crippen molar-refractivity contribution in [1.29, 1.82) is 0 Å². The van der Waals surface area contributed by atoms with Gasteiger partial charge in [0.2, 0.25) is 5.28 Å². The van der Waals surface area contributed by atoms with E-state index in [1.807, 2.05) is 0 Å². The van der Waals surface area contributed by atoms with Crippen molar-refractivity contribution >= 4 is 17.4 Å². The van der Waals surface area contributed by atoms with Gasteiger partial charge in [0.1, 0.15) is 0 Å². The molecule has 0 atom stereocenters. The van der Waals surface area contributed by atoms with Gasteiger partial charge in [-0.15, -0.1) is 0 Å². The van der Waals surface area contributed by atoms with E-state index in [-0.39, 0.29) is 11.1 Å². The third-order valence-electron chi connectivity index (χ3n) is 1.79. The average Bonchev–Trinajstić information content (AvgIpc) is 2.18. The standard InChI is InChI=1S/C9H13ClFN3/c1-2-3-4-5-12-8-7(11)6-13-9(10)14-8/h6H,2-5H2,1H3,(H,12,13,14). The lowest BCUT2D eigenvalue weighted by atomic mass is 10.2. The fourth-order valence-electron chi connectivity index (χ4n) is 1.05. The largest absolute Gasteiger partial charge is 0.367 e. The van der Waals surface area contributed by atoms with E-state index in [2.05, 4.69) is 22.2 Å². The molecular weight excluding hydrogens is 205 g/mol. The first kappa shape index (κ1) is 11.2. The third kappa shape index (κ3) is 3.46. The molecule has 0 aliphatic heterocycles. The zero-order valence-corrected chi connectivity index (χ0v) is 8.81. The number of hydrogen-bond acceptors (Lipinski definition) is 3. The average molecular weight is 218 g/mol. The van der Waals surface area contributed by atoms with Crippen molar-refractivity contribution in [3.05, 3.63) is 17.3 Å². The Morgan fingerprint density at radius 3 is 3.00 bits per heavy atom. The molecule has 1 heterocycles. The van der Waals surface area contributed by atoms with Gasteiger partial charge >= 0.3 is 0 Å². The van der Waals surface area contributed by atoms with Gasteiger partial charge in [-0.25, -0.2) is 9.37 Å². The summed E-state index contributed by atoms with van der Waals surface area (Å²) in [6.45, 7) is 2.82. The van der Waals surface area contributed by atoms with Crippen LogP contribution in [0.4, 0.5) is 10.2 Å². The molecular formula is C9H13ClFN3. The van der Waals surface area contributed by atoms with Crippen molar-refractivity contribution in [3.8, 4) is 0 Å². The van der Waals surface area contributed by atoms with E-state index < -0.39 is 5.82 Å². The van der Waals surface area contributed by atoms with E-state index in [9.17, 15) is 4.39 Å². The van der Waals surface area contributed by atoms with Gasteiger partial charge in [0.25, 0.3) is 0 Å². The van der Waals surface area contributed by atoms with Gasteiger partial charge in [-0.05, 0) is 18.0 Å². The second kappa shape index (κ2) is 5.75. The Morgan fingerprint density at radius 1 is 1.50 bits per heavy atom. The Bertz CT molecular complexity index is 293. The summed E-state index contributed by atoms with van der Waals surface area (Å²) < 4.78 is 13.0. The Labute approximate surface area is 87.7 Å². The van der Waals surface area contributed by atoms with Crippen molar-refractivity contribution in [2.45, 2.75) is 26.2 Å². The van der Waals surface area contributed by atoms with Crippen LogP contribution < -0.4 is 5.32 Å². The van der Waals surface area contributed by atoms with Gasteiger partial charge in [-0.2, -0.15) is 4.98 Å². The van der Waals surface area contributed by atoms with Crippen LogP contribution in [0.15, 0.2) is 6.20 Å². The fourth-order valence-corrected chi connectivity index (χ4v) is 1.18. The van der Waals surface area contributed by atoms with E-state index in [1.165, 1.54) is 0 Å². The Morgan fingerprint density at radius 2 is 2.29 bits per heavy atom. The second-order valence-corrected chi connectivity index (χ2v) is 3.31. The number of unbranched alkanes of at least 4 members (excludes halogenated alkanes) is 2. The Balaban J connectivity index is 2.45. The zero-order chi connectivity index (χ0) is 10.4. The molecule has 78 valence electrons. The van der Waals surface area contributed by atoms with Gasteiger partial charge < -0.3 is 5.32 Å². The zero-order valence-electron chi connectivity index (χ0n) is 8.06. The van der Waals surface area contributed by atoms with Crippen molar-refractivity contribution in [2.24, 2.45) is 0 Å². The van der Waals surface area contributed by atoms with Crippen LogP contribution in [0.5, 0.6) is 0 Å². The number of nitrogens with one attached hydrogen (secondary N) is 1. The van der Waals surface area contributed by atoms with E-state index >= 15 is 0 Å². The monoisotopic (exact) mass is 217 g/mol. The smallest absolute Gasteiger partial charge is 0.224 e. The molecule has 0 amide bonds. The lowest BCUT2D eigenvalue weighted by Gasteiger charge is -2.05. The SMILES string of the molecule is CCCCCNc1nc(Cl)ncc1F.